The molecule has 0 spiro atoms. The van der Waals surface area contributed by atoms with Crippen molar-refractivity contribution in [1.29, 1.82) is 0 Å². The van der Waals surface area contributed by atoms with Crippen LogP contribution in [0.15, 0.2) is 6.07 Å². The Hall–Kier alpha value is -0.500. The first-order chi connectivity index (χ1) is 6.43. The maximum atomic E-state index is 12.3. The van der Waals surface area contributed by atoms with Crippen molar-refractivity contribution in [2.45, 2.75) is 6.43 Å². The van der Waals surface area contributed by atoms with E-state index in [-0.39, 0.29) is 9.26 Å². The van der Waals surface area contributed by atoms with Crippen molar-refractivity contribution >= 4 is 40.2 Å². The third kappa shape index (κ3) is 2.30. The van der Waals surface area contributed by atoms with Gasteiger partial charge in [0, 0.05) is 0 Å². The van der Waals surface area contributed by atoms with E-state index in [1.807, 2.05) is 0 Å². The van der Waals surface area contributed by atoms with Gasteiger partial charge in [-0.2, -0.15) is 0 Å². The van der Waals surface area contributed by atoms with Gasteiger partial charge in [-0.15, -0.1) is 0 Å². The summed E-state index contributed by atoms with van der Waals surface area (Å²) in [5.74, 6) is -1.35. The summed E-state index contributed by atoms with van der Waals surface area (Å²) < 4.78 is 24.8. The number of halogens is 4. The maximum Gasteiger partial charge on any atom is 0.337 e. The quantitative estimate of drug-likeness (QED) is 0.669. The molecule has 0 saturated carbocycles. The van der Waals surface area contributed by atoms with Gasteiger partial charge in [-0.1, -0.05) is 11.6 Å². The summed E-state index contributed by atoms with van der Waals surface area (Å²) in [6, 6.07) is 1.14. The first-order valence-corrected chi connectivity index (χ1v) is 4.76. The predicted molar refractivity (Wildman–Crippen MR) is 53.9 cm³/mol. The Bertz CT molecular complexity index is 386. The van der Waals surface area contributed by atoms with Crippen molar-refractivity contribution in [3.63, 3.8) is 0 Å². The van der Waals surface area contributed by atoms with E-state index >= 15 is 0 Å². The average molecular weight is 333 g/mol. The Kier molecular flexibility index (Phi) is 3.59. The van der Waals surface area contributed by atoms with Gasteiger partial charge in [0.25, 0.3) is 6.43 Å². The predicted octanol–water partition coefficient (Wildman–Crippen LogP) is 2.98. The minimum atomic E-state index is -2.88. The van der Waals surface area contributed by atoms with Gasteiger partial charge in [-0.25, -0.2) is 18.6 Å². The number of aromatic carboxylic acids is 1. The second kappa shape index (κ2) is 4.35. The molecule has 1 aromatic rings. The Morgan fingerprint density at radius 1 is 1.64 bits per heavy atom. The molecular weight excluding hydrogens is 330 g/mol. The lowest BCUT2D eigenvalue weighted by Crippen LogP contribution is -2.04. The van der Waals surface area contributed by atoms with E-state index < -0.39 is 23.1 Å². The van der Waals surface area contributed by atoms with Crippen molar-refractivity contribution < 1.29 is 18.7 Å². The van der Waals surface area contributed by atoms with E-state index in [1.54, 1.807) is 22.6 Å². The third-order valence-electron chi connectivity index (χ3n) is 1.39. The van der Waals surface area contributed by atoms with Crippen LogP contribution in [0, 0.1) is 3.70 Å². The van der Waals surface area contributed by atoms with Crippen LogP contribution in [0.5, 0.6) is 0 Å². The van der Waals surface area contributed by atoms with E-state index in [9.17, 15) is 13.6 Å². The molecule has 0 bridgehead atoms. The number of aromatic nitrogens is 1. The summed E-state index contributed by atoms with van der Waals surface area (Å²) in [6.45, 7) is 0. The summed E-state index contributed by atoms with van der Waals surface area (Å²) in [5.41, 5.74) is -1.06. The molecule has 0 aromatic carbocycles. The highest BCUT2D eigenvalue weighted by Gasteiger charge is 2.21. The highest BCUT2D eigenvalue weighted by molar-refractivity contribution is 14.1. The van der Waals surface area contributed by atoms with Gasteiger partial charge in [0.2, 0.25) is 0 Å². The maximum absolute atomic E-state index is 12.3. The summed E-state index contributed by atoms with van der Waals surface area (Å²) in [4.78, 5) is 14.0. The van der Waals surface area contributed by atoms with Crippen molar-refractivity contribution in [1.82, 2.24) is 4.98 Å². The van der Waals surface area contributed by atoms with Crippen LogP contribution in [-0.2, 0) is 0 Å². The van der Waals surface area contributed by atoms with Crippen molar-refractivity contribution in [3.8, 4) is 0 Å². The fourth-order valence-corrected chi connectivity index (χ4v) is 1.65. The van der Waals surface area contributed by atoms with Crippen LogP contribution < -0.4 is 0 Å². The van der Waals surface area contributed by atoms with E-state index in [0.29, 0.717) is 0 Å². The second-order valence-corrected chi connectivity index (χ2v) is 3.78. The van der Waals surface area contributed by atoms with Gasteiger partial charge >= 0.3 is 5.97 Å². The third-order valence-corrected chi connectivity index (χ3v) is 2.34. The van der Waals surface area contributed by atoms with Gasteiger partial charge < -0.3 is 5.11 Å². The molecule has 3 nitrogen and oxygen atoms in total. The van der Waals surface area contributed by atoms with Crippen molar-refractivity contribution in [2.24, 2.45) is 0 Å². The van der Waals surface area contributed by atoms with Crippen LogP contribution >= 0.6 is 34.2 Å². The summed E-state index contributed by atoms with van der Waals surface area (Å²) in [5, 5.41) is 8.13. The van der Waals surface area contributed by atoms with E-state index in [0.717, 1.165) is 6.07 Å². The Labute approximate surface area is 96.2 Å². The lowest BCUT2D eigenvalue weighted by Gasteiger charge is -2.05. The molecule has 1 N–H and O–H groups in total. The summed E-state index contributed by atoms with van der Waals surface area (Å²) in [7, 11) is 0. The topological polar surface area (TPSA) is 50.2 Å². The van der Waals surface area contributed by atoms with Gasteiger partial charge in [0.1, 0.15) is 9.39 Å². The average Bonchev–Trinajstić information content (AvgIpc) is 2.07. The molecule has 1 rings (SSSR count). The van der Waals surface area contributed by atoms with Gasteiger partial charge in [0.05, 0.1) is 10.6 Å². The molecule has 1 heterocycles. The molecule has 0 aliphatic rings. The number of carbonyl (C=O) groups is 1. The molecule has 7 heteroatoms. The number of carboxylic acids is 1. The van der Waals surface area contributed by atoms with Crippen LogP contribution in [0.1, 0.15) is 22.5 Å². The molecule has 0 amide bonds. The summed E-state index contributed by atoms with van der Waals surface area (Å²) in [6.07, 6.45) is -2.88. The van der Waals surface area contributed by atoms with E-state index in [4.69, 9.17) is 16.7 Å². The molecule has 0 saturated heterocycles. The lowest BCUT2D eigenvalue weighted by molar-refractivity contribution is 0.0696. The summed E-state index contributed by atoms with van der Waals surface area (Å²) >= 11 is 7.09. The van der Waals surface area contributed by atoms with Crippen molar-refractivity contribution in [2.75, 3.05) is 0 Å². The Balaban J connectivity index is 3.40. The lowest BCUT2D eigenvalue weighted by atomic mass is 10.2. The van der Waals surface area contributed by atoms with Crippen LogP contribution in [0.4, 0.5) is 8.78 Å². The van der Waals surface area contributed by atoms with Crippen LogP contribution in [0.2, 0.25) is 5.02 Å². The Morgan fingerprint density at radius 2 is 2.21 bits per heavy atom. The number of nitrogens with zero attached hydrogens (tertiary/aromatic N) is 1. The number of carboxylic acid groups (broad SMARTS) is 1. The second-order valence-electron chi connectivity index (χ2n) is 2.30. The van der Waals surface area contributed by atoms with Crippen LogP contribution in [0.3, 0.4) is 0 Å². The first kappa shape index (κ1) is 11.6. The van der Waals surface area contributed by atoms with Crippen molar-refractivity contribution in [3.05, 3.63) is 26.0 Å². The molecule has 0 aliphatic heterocycles. The minimum Gasteiger partial charge on any atom is -0.478 e. The first-order valence-electron chi connectivity index (χ1n) is 3.31. The highest BCUT2D eigenvalue weighted by atomic mass is 127. The largest absolute Gasteiger partial charge is 0.478 e. The molecular formula is C7H3ClF2INO2. The molecule has 0 radical (unpaired) electrons. The van der Waals surface area contributed by atoms with Gasteiger partial charge in [-0.05, 0) is 28.7 Å². The zero-order valence-electron chi connectivity index (χ0n) is 6.47. The molecule has 0 unspecified atom stereocenters. The van der Waals surface area contributed by atoms with E-state index in [1.165, 1.54) is 0 Å². The normalized spacial score (nSPS) is 10.6. The number of alkyl halides is 2. The molecule has 0 atom stereocenters. The number of hydrogen-bond donors (Lipinski definition) is 1. The number of pyridine rings is 1. The standard InChI is InChI=1S/C7H3ClF2INO2/c8-4-2(7(13)14)1-3(11)12-5(4)6(9)10/h1,6H,(H,13,14). The minimum absolute atomic E-state index is 0.166. The molecule has 0 fully saturated rings. The number of hydrogen-bond acceptors (Lipinski definition) is 2. The molecule has 76 valence electrons. The fraction of sp³-hybridized carbons (Fsp3) is 0.143. The van der Waals surface area contributed by atoms with Gasteiger partial charge in [-0.3, -0.25) is 0 Å². The zero-order valence-corrected chi connectivity index (χ0v) is 9.38. The van der Waals surface area contributed by atoms with Gasteiger partial charge in [0.15, 0.2) is 0 Å². The monoisotopic (exact) mass is 333 g/mol. The smallest absolute Gasteiger partial charge is 0.337 e. The van der Waals surface area contributed by atoms with Crippen LogP contribution in [-0.4, -0.2) is 16.1 Å². The molecule has 0 aliphatic carbocycles. The molecule has 14 heavy (non-hydrogen) atoms. The highest BCUT2D eigenvalue weighted by Crippen LogP contribution is 2.29. The fourth-order valence-electron chi connectivity index (χ4n) is 0.817. The van der Waals surface area contributed by atoms with Crippen LogP contribution in [0.25, 0.3) is 0 Å². The van der Waals surface area contributed by atoms with E-state index in [2.05, 4.69) is 4.98 Å². The SMILES string of the molecule is O=C(O)c1cc(I)nc(C(F)F)c1Cl. The molecule has 1 aromatic heterocycles. The zero-order chi connectivity index (χ0) is 10.9. The Morgan fingerprint density at radius 3 is 2.64 bits per heavy atom. The number of rotatable bonds is 2.